The quantitative estimate of drug-likeness (QED) is 0.623. The maximum Gasteiger partial charge on any atom is 0.349 e. The Morgan fingerprint density at radius 3 is 2.82 bits per heavy atom. The van der Waals surface area contributed by atoms with Crippen molar-refractivity contribution >= 4 is 45.6 Å². The third kappa shape index (κ3) is 4.43. The van der Waals surface area contributed by atoms with Crippen molar-refractivity contribution in [1.29, 1.82) is 0 Å². The second kappa shape index (κ2) is 8.43. The van der Waals surface area contributed by atoms with E-state index in [-0.39, 0.29) is 6.67 Å². The number of hydrogen-bond acceptors (Lipinski definition) is 6. The molecule has 1 N–H and O–H groups in total. The van der Waals surface area contributed by atoms with E-state index in [1.54, 1.807) is 18.0 Å². The lowest BCUT2D eigenvalue weighted by Gasteiger charge is -2.20. The van der Waals surface area contributed by atoms with Gasteiger partial charge in [0.15, 0.2) is 0 Å². The van der Waals surface area contributed by atoms with Crippen LogP contribution in [0.25, 0.3) is 0 Å². The highest BCUT2D eigenvalue weighted by atomic mass is 127. The number of rotatable bonds is 4. The van der Waals surface area contributed by atoms with E-state index in [4.69, 9.17) is 11.6 Å². The standard InChI is InChI=1S/C17H15ClF2IN7/c1-10-6-7-15(17(19,20)16-23-26-27-24-16)22-9-28(25-11(10)2)8-12-13(18)4-3-5-14(12)21/h3-7H,1,8-9H2,2H3,(H,23,24,26,27)/b7-6-,22-15+,25-11-. The van der Waals surface area contributed by atoms with Crippen LogP contribution < -0.4 is 0 Å². The van der Waals surface area contributed by atoms with Crippen molar-refractivity contribution in [2.45, 2.75) is 19.4 Å². The van der Waals surface area contributed by atoms with Crippen molar-refractivity contribution in [3.8, 4) is 0 Å². The summed E-state index contributed by atoms with van der Waals surface area (Å²) in [5.41, 5.74) is 1.40. The van der Waals surface area contributed by atoms with Crippen LogP contribution in [0.3, 0.4) is 0 Å². The lowest BCUT2D eigenvalue weighted by Crippen LogP contribution is -2.28. The van der Waals surface area contributed by atoms with Crippen LogP contribution >= 0.6 is 34.2 Å². The fraction of sp³-hybridized carbons (Fsp3) is 0.235. The Morgan fingerprint density at radius 2 is 2.14 bits per heavy atom. The molecule has 28 heavy (non-hydrogen) atoms. The van der Waals surface area contributed by atoms with Crippen LogP contribution in [0.2, 0.25) is 5.02 Å². The molecule has 0 radical (unpaired) electrons. The maximum atomic E-state index is 14.8. The van der Waals surface area contributed by atoms with Gasteiger partial charge in [-0.1, -0.05) is 30.3 Å². The molecule has 11 heteroatoms. The van der Waals surface area contributed by atoms with Crippen molar-refractivity contribution < 1.29 is 8.78 Å². The summed E-state index contributed by atoms with van der Waals surface area (Å²) in [5, 5.41) is 18.4. The van der Waals surface area contributed by atoms with Crippen LogP contribution in [0.1, 0.15) is 18.3 Å². The molecule has 1 aromatic heterocycles. The molecular weight excluding hydrogens is 503 g/mol. The Balaban J connectivity index is 1.96. The number of aliphatic imine (C=N–C) groups is 1. The first-order valence-electron chi connectivity index (χ1n) is 8.06. The van der Waals surface area contributed by atoms with Gasteiger partial charge in [-0.05, 0) is 63.7 Å². The van der Waals surface area contributed by atoms with E-state index in [1.165, 1.54) is 12.2 Å². The number of tetrazole rings is 1. The van der Waals surface area contributed by atoms with Crippen molar-refractivity contribution in [1.82, 2.24) is 25.6 Å². The van der Waals surface area contributed by atoms with E-state index in [0.717, 1.165) is 9.13 Å². The molecule has 0 bridgehead atoms. The van der Waals surface area contributed by atoms with Gasteiger partial charge in [0, 0.05) is 14.2 Å². The number of aromatic nitrogens is 4. The second-order valence-electron chi connectivity index (χ2n) is 5.92. The number of nitrogens with one attached hydrogen (secondary N) is 1. The fourth-order valence-corrected chi connectivity index (χ4v) is 3.45. The Bertz CT molecular complexity index is 950. The lowest BCUT2D eigenvalue weighted by atomic mass is 10.1. The highest BCUT2D eigenvalue weighted by Gasteiger charge is 2.41. The Kier molecular flexibility index (Phi) is 6.18. The summed E-state index contributed by atoms with van der Waals surface area (Å²) in [6, 6.07) is 5.52. The number of hydrazone groups is 1. The summed E-state index contributed by atoms with van der Waals surface area (Å²) in [7, 11) is 0. The zero-order chi connectivity index (χ0) is 20.3. The van der Waals surface area contributed by atoms with Gasteiger partial charge in [0.1, 0.15) is 12.4 Å². The van der Waals surface area contributed by atoms with Crippen molar-refractivity contribution in [3.05, 3.63) is 62.5 Å². The SMILES string of the molecule is C=C1/C=C\C(C(F)(F)c2nnn[nH]2)=N/CN(Cc2c(Cl)cccc2I)/N=C\1C. The van der Waals surface area contributed by atoms with E-state index >= 15 is 0 Å². The van der Waals surface area contributed by atoms with E-state index in [2.05, 4.69) is 59.9 Å². The molecule has 146 valence electrons. The topological polar surface area (TPSA) is 82.4 Å². The van der Waals surface area contributed by atoms with Crippen LogP contribution in [0.15, 0.2) is 52.6 Å². The van der Waals surface area contributed by atoms with E-state index in [1.807, 2.05) is 12.1 Å². The molecule has 0 amide bonds. The highest BCUT2D eigenvalue weighted by Crippen LogP contribution is 2.28. The molecule has 3 rings (SSSR count). The molecule has 0 spiro atoms. The van der Waals surface area contributed by atoms with Gasteiger partial charge in [-0.25, -0.2) is 5.10 Å². The van der Waals surface area contributed by atoms with Crippen LogP contribution in [-0.2, 0) is 12.5 Å². The highest BCUT2D eigenvalue weighted by molar-refractivity contribution is 14.1. The maximum absolute atomic E-state index is 14.8. The Hall–Kier alpha value is -2.21. The minimum atomic E-state index is -3.50. The normalized spacial score (nSPS) is 20.5. The predicted octanol–water partition coefficient (Wildman–Crippen LogP) is 3.95. The molecule has 0 fully saturated rings. The van der Waals surface area contributed by atoms with Gasteiger partial charge in [0.25, 0.3) is 0 Å². The molecule has 0 saturated carbocycles. The summed E-state index contributed by atoms with van der Waals surface area (Å²) in [5.74, 6) is -4.19. The molecule has 0 atom stereocenters. The number of hydrogen-bond donors (Lipinski definition) is 1. The van der Waals surface area contributed by atoms with Gasteiger partial charge in [-0.2, -0.15) is 13.9 Å². The van der Waals surface area contributed by atoms with Crippen molar-refractivity contribution in [2.75, 3.05) is 6.67 Å². The zero-order valence-corrected chi connectivity index (χ0v) is 17.6. The summed E-state index contributed by atoms with van der Waals surface area (Å²) in [6.45, 7) is 5.82. The second-order valence-corrected chi connectivity index (χ2v) is 7.49. The fourth-order valence-electron chi connectivity index (χ4n) is 2.39. The number of aromatic amines is 1. The number of alkyl halides is 2. The molecule has 0 unspecified atom stereocenters. The number of nitrogens with zero attached hydrogens (tertiary/aromatic N) is 6. The summed E-state index contributed by atoms with van der Waals surface area (Å²) < 4.78 is 30.5. The number of allylic oxidation sites excluding steroid dienone is 3. The molecule has 1 aromatic carbocycles. The molecular formula is C17H15ClF2IN7. The molecule has 0 saturated heterocycles. The summed E-state index contributed by atoms with van der Waals surface area (Å²) in [4.78, 5) is 4.07. The first kappa shape index (κ1) is 20.5. The average Bonchev–Trinajstić information content (AvgIpc) is 3.20. The largest absolute Gasteiger partial charge is 0.349 e. The predicted molar refractivity (Wildman–Crippen MR) is 111 cm³/mol. The van der Waals surface area contributed by atoms with Gasteiger partial charge < -0.3 is 0 Å². The monoisotopic (exact) mass is 517 g/mol. The van der Waals surface area contributed by atoms with Crippen molar-refractivity contribution in [2.24, 2.45) is 10.1 Å². The molecule has 1 aliphatic heterocycles. The average molecular weight is 518 g/mol. The van der Waals surface area contributed by atoms with Crippen LogP contribution in [0, 0.1) is 3.57 Å². The van der Waals surface area contributed by atoms with Crippen LogP contribution in [-0.4, -0.2) is 43.7 Å². The lowest BCUT2D eigenvalue weighted by molar-refractivity contribution is 0.0659. The Labute approximate surface area is 178 Å². The molecule has 7 nitrogen and oxygen atoms in total. The van der Waals surface area contributed by atoms with Crippen LogP contribution in [0.4, 0.5) is 8.78 Å². The van der Waals surface area contributed by atoms with Crippen LogP contribution in [0.5, 0.6) is 0 Å². The first-order valence-corrected chi connectivity index (χ1v) is 9.52. The van der Waals surface area contributed by atoms with E-state index in [0.29, 0.717) is 22.9 Å². The number of halogens is 4. The van der Waals surface area contributed by atoms with E-state index < -0.39 is 17.5 Å². The third-order valence-electron chi connectivity index (χ3n) is 3.97. The minimum absolute atomic E-state index is 0.108. The smallest absolute Gasteiger partial charge is 0.271 e. The number of H-pyrrole nitrogens is 1. The van der Waals surface area contributed by atoms with E-state index in [9.17, 15) is 8.78 Å². The zero-order valence-electron chi connectivity index (χ0n) is 14.7. The summed E-state index contributed by atoms with van der Waals surface area (Å²) >= 11 is 8.46. The first-order chi connectivity index (χ1) is 13.3. The van der Waals surface area contributed by atoms with Gasteiger partial charge in [-0.15, -0.1) is 5.10 Å². The van der Waals surface area contributed by atoms with Crippen molar-refractivity contribution in [3.63, 3.8) is 0 Å². The Morgan fingerprint density at radius 1 is 1.36 bits per heavy atom. The molecule has 0 aliphatic carbocycles. The third-order valence-corrected chi connectivity index (χ3v) is 5.33. The molecule has 2 heterocycles. The van der Waals surface area contributed by atoms with Gasteiger partial charge in [0.2, 0.25) is 5.82 Å². The summed E-state index contributed by atoms with van der Waals surface area (Å²) in [6.07, 6.45) is 2.64. The molecule has 1 aliphatic rings. The van der Waals surface area contributed by atoms with Gasteiger partial charge >= 0.3 is 5.92 Å². The molecule has 2 aromatic rings. The van der Waals surface area contributed by atoms with Gasteiger partial charge in [0.05, 0.1) is 12.3 Å². The van der Waals surface area contributed by atoms with Gasteiger partial charge in [-0.3, -0.25) is 10.0 Å². The number of benzene rings is 1. The minimum Gasteiger partial charge on any atom is -0.271 e.